The summed E-state index contributed by atoms with van der Waals surface area (Å²) in [5.74, 6) is -5.47. The zero-order valence-electron chi connectivity index (χ0n) is 26.5. The Morgan fingerprint density at radius 2 is 1.83 bits per heavy atom. The van der Waals surface area contributed by atoms with Crippen molar-refractivity contribution < 1.29 is 57.1 Å². The van der Waals surface area contributed by atoms with Gasteiger partial charge in [-0.25, -0.2) is 14.6 Å². The highest BCUT2D eigenvalue weighted by Gasteiger charge is 2.42. The van der Waals surface area contributed by atoms with E-state index in [0.717, 1.165) is 12.0 Å². The Kier molecular flexibility index (Phi) is 13.7. The highest BCUT2D eigenvalue weighted by molar-refractivity contribution is 5.98. The van der Waals surface area contributed by atoms with Crippen molar-refractivity contribution in [1.29, 1.82) is 0 Å². The van der Waals surface area contributed by atoms with E-state index in [2.05, 4.69) is 10.3 Å². The Morgan fingerprint density at radius 1 is 1.09 bits per heavy atom. The SMILES string of the molecule is CCCOCC(=O)OCOc1c(OC)ccnc1C(=O)N[C@H]1COC(=O)C(Cc2ccccc2)[C@@H](OC(=O)C(C)C)[C@H](C)OC1=O. The van der Waals surface area contributed by atoms with Gasteiger partial charge in [-0.3, -0.25) is 14.4 Å². The van der Waals surface area contributed by atoms with E-state index in [9.17, 15) is 24.0 Å². The minimum Gasteiger partial charge on any atom is -0.493 e. The van der Waals surface area contributed by atoms with Crippen molar-refractivity contribution in [2.45, 2.75) is 58.8 Å². The molecular weight excluding hydrogens is 604 g/mol. The maximum atomic E-state index is 13.4. The van der Waals surface area contributed by atoms with Crippen LogP contribution in [-0.2, 0) is 49.3 Å². The number of benzene rings is 1. The van der Waals surface area contributed by atoms with Gasteiger partial charge < -0.3 is 38.5 Å². The number of methoxy groups -OCH3 is 1. The molecule has 3 rings (SSSR count). The van der Waals surface area contributed by atoms with E-state index in [1.165, 1.54) is 26.3 Å². The summed E-state index contributed by atoms with van der Waals surface area (Å²) < 4.78 is 37.7. The molecule has 0 bridgehead atoms. The zero-order chi connectivity index (χ0) is 33.6. The average molecular weight is 645 g/mol. The van der Waals surface area contributed by atoms with Crippen LogP contribution in [0.25, 0.3) is 0 Å². The van der Waals surface area contributed by atoms with Crippen LogP contribution in [0, 0.1) is 11.8 Å². The second-order valence-corrected chi connectivity index (χ2v) is 10.7. The first-order valence-corrected chi connectivity index (χ1v) is 14.9. The first kappa shape index (κ1) is 35.8. The summed E-state index contributed by atoms with van der Waals surface area (Å²) in [5, 5.41) is 2.46. The summed E-state index contributed by atoms with van der Waals surface area (Å²) in [6, 6.07) is 8.99. The predicted molar refractivity (Wildman–Crippen MR) is 160 cm³/mol. The standard InChI is InChI=1S/C32H40N2O12/c1-6-14-41-17-25(35)43-18-44-28-24(40-5)12-13-33-26(28)29(36)34-23-16-42-31(38)22(15-21-10-8-7-9-11-21)27(20(4)45-32(23)39)46-30(37)19(2)3/h7-13,19-20,22-23,27H,6,14-18H2,1-5H3,(H,34,36)/t20-,22?,23-,27-/m0/s1. The number of amides is 1. The molecule has 1 saturated heterocycles. The number of hydrogen-bond acceptors (Lipinski definition) is 13. The molecule has 0 spiro atoms. The third-order valence-corrected chi connectivity index (χ3v) is 6.76. The lowest BCUT2D eigenvalue weighted by Crippen LogP contribution is -2.47. The fourth-order valence-electron chi connectivity index (χ4n) is 4.37. The molecule has 46 heavy (non-hydrogen) atoms. The zero-order valence-corrected chi connectivity index (χ0v) is 26.5. The molecule has 1 fully saturated rings. The van der Waals surface area contributed by atoms with E-state index in [-0.39, 0.29) is 30.2 Å². The summed E-state index contributed by atoms with van der Waals surface area (Å²) >= 11 is 0. The number of esters is 4. The average Bonchev–Trinajstić information content (AvgIpc) is 3.07. The van der Waals surface area contributed by atoms with E-state index in [1.54, 1.807) is 26.0 Å². The molecule has 14 heteroatoms. The van der Waals surface area contributed by atoms with E-state index >= 15 is 0 Å². The molecule has 2 aromatic rings. The maximum Gasteiger partial charge on any atom is 0.334 e. The molecule has 1 unspecified atom stereocenters. The number of hydrogen-bond donors (Lipinski definition) is 1. The Bertz CT molecular complexity index is 1350. The highest BCUT2D eigenvalue weighted by atomic mass is 16.7. The van der Waals surface area contributed by atoms with Crippen LogP contribution in [0.2, 0.25) is 0 Å². The van der Waals surface area contributed by atoms with Crippen LogP contribution >= 0.6 is 0 Å². The lowest BCUT2D eigenvalue weighted by atomic mass is 9.91. The fraction of sp³-hybridized carbons (Fsp3) is 0.500. The summed E-state index contributed by atoms with van der Waals surface area (Å²) in [6.45, 7) is 5.60. The van der Waals surface area contributed by atoms with Crippen LogP contribution in [0.1, 0.15) is 50.2 Å². The van der Waals surface area contributed by atoms with Crippen LogP contribution in [0.4, 0.5) is 0 Å². The van der Waals surface area contributed by atoms with E-state index < -0.39 is 73.3 Å². The van der Waals surface area contributed by atoms with Crippen molar-refractivity contribution in [3.05, 3.63) is 53.9 Å². The van der Waals surface area contributed by atoms with Crippen LogP contribution in [0.5, 0.6) is 11.5 Å². The van der Waals surface area contributed by atoms with Gasteiger partial charge in [0.15, 0.2) is 29.3 Å². The number of nitrogens with one attached hydrogen (secondary N) is 1. The largest absolute Gasteiger partial charge is 0.493 e. The second-order valence-electron chi connectivity index (χ2n) is 10.7. The quantitative estimate of drug-likeness (QED) is 0.138. The number of nitrogens with zero attached hydrogens (tertiary/aromatic N) is 1. The Balaban J connectivity index is 1.80. The molecule has 0 radical (unpaired) electrons. The lowest BCUT2D eigenvalue weighted by molar-refractivity contribution is -0.176. The number of carbonyl (C=O) groups excluding carboxylic acids is 5. The van der Waals surface area contributed by atoms with Crippen molar-refractivity contribution in [3.8, 4) is 11.5 Å². The van der Waals surface area contributed by atoms with Gasteiger partial charge in [0.25, 0.3) is 5.91 Å². The third kappa shape index (κ3) is 10.2. The first-order valence-electron chi connectivity index (χ1n) is 14.9. The lowest BCUT2D eigenvalue weighted by Gasteiger charge is -2.29. The first-order chi connectivity index (χ1) is 22.0. The van der Waals surface area contributed by atoms with Crippen molar-refractivity contribution >= 4 is 29.8 Å². The molecule has 0 saturated carbocycles. The molecule has 1 N–H and O–H groups in total. The molecule has 14 nitrogen and oxygen atoms in total. The van der Waals surface area contributed by atoms with Gasteiger partial charge in [0.2, 0.25) is 6.79 Å². The summed E-state index contributed by atoms with van der Waals surface area (Å²) in [5.41, 5.74) is 0.462. The Morgan fingerprint density at radius 3 is 2.50 bits per heavy atom. The summed E-state index contributed by atoms with van der Waals surface area (Å²) in [4.78, 5) is 68.7. The summed E-state index contributed by atoms with van der Waals surface area (Å²) in [6.07, 6.45) is -0.119. The molecule has 1 aliphatic rings. The molecule has 1 aromatic heterocycles. The molecule has 0 aliphatic carbocycles. The molecule has 1 aliphatic heterocycles. The number of aromatic nitrogens is 1. The molecule has 1 aromatic carbocycles. The van der Waals surface area contributed by atoms with Gasteiger partial charge in [0.1, 0.15) is 25.2 Å². The van der Waals surface area contributed by atoms with E-state index in [1.807, 2.05) is 25.1 Å². The number of pyridine rings is 1. The predicted octanol–water partition coefficient (Wildman–Crippen LogP) is 2.41. The normalized spacial score (nSPS) is 19.9. The molecule has 250 valence electrons. The van der Waals surface area contributed by atoms with Gasteiger partial charge in [-0.05, 0) is 25.3 Å². The third-order valence-electron chi connectivity index (χ3n) is 6.76. The van der Waals surface area contributed by atoms with Crippen molar-refractivity contribution in [2.75, 3.05) is 33.7 Å². The van der Waals surface area contributed by atoms with Gasteiger partial charge in [0.05, 0.1) is 13.0 Å². The van der Waals surface area contributed by atoms with E-state index in [4.69, 9.17) is 33.2 Å². The van der Waals surface area contributed by atoms with Gasteiger partial charge in [0, 0.05) is 18.9 Å². The topological polar surface area (TPSA) is 175 Å². The fourth-order valence-corrected chi connectivity index (χ4v) is 4.37. The molecule has 1 amide bonds. The maximum absolute atomic E-state index is 13.4. The van der Waals surface area contributed by atoms with Crippen molar-refractivity contribution in [1.82, 2.24) is 10.3 Å². The second kappa shape index (κ2) is 17.7. The number of cyclic esters (lactones) is 2. The van der Waals surface area contributed by atoms with Gasteiger partial charge in [-0.15, -0.1) is 0 Å². The smallest absolute Gasteiger partial charge is 0.334 e. The summed E-state index contributed by atoms with van der Waals surface area (Å²) in [7, 11) is 1.33. The van der Waals surface area contributed by atoms with Crippen LogP contribution in [0.15, 0.2) is 42.6 Å². The molecular formula is C32H40N2O12. The van der Waals surface area contributed by atoms with Crippen molar-refractivity contribution in [3.63, 3.8) is 0 Å². The Hall–Kier alpha value is -4.72. The number of rotatable bonds is 14. The van der Waals surface area contributed by atoms with Gasteiger partial charge in [-0.2, -0.15) is 0 Å². The minimum atomic E-state index is -1.47. The van der Waals surface area contributed by atoms with Gasteiger partial charge in [-0.1, -0.05) is 51.1 Å². The number of carbonyl (C=O) groups is 5. The Labute approximate surface area is 267 Å². The number of ether oxygens (including phenoxy) is 7. The van der Waals surface area contributed by atoms with Crippen LogP contribution < -0.4 is 14.8 Å². The minimum absolute atomic E-state index is 0.0917. The van der Waals surface area contributed by atoms with Crippen LogP contribution in [0.3, 0.4) is 0 Å². The van der Waals surface area contributed by atoms with E-state index in [0.29, 0.717) is 6.61 Å². The van der Waals surface area contributed by atoms with Gasteiger partial charge >= 0.3 is 23.9 Å². The van der Waals surface area contributed by atoms with Crippen LogP contribution in [-0.4, -0.2) is 86.7 Å². The molecule has 2 heterocycles. The molecule has 4 atom stereocenters. The monoisotopic (exact) mass is 644 g/mol. The highest BCUT2D eigenvalue weighted by Crippen LogP contribution is 2.30. The van der Waals surface area contributed by atoms with Crippen molar-refractivity contribution in [2.24, 2.45) is 11.8 Å².